The summed E-state index contributed by atoms with van der Waals surface area (Å²) in [7, 11) is 0. The van der Waals surface area contributed by atoms with Crippen molar-refractivity contribution in [2.24, 2.45) is 0 Å². The van der Waals surface area contributed by atoms with E-state index in [1.165, 1.54) is 18.1 Å². The molecular formula is C27H41N3O2. The Kier molecular flexibility index (Phi) is 9.42. The summed E-state index contributed by atoms with van der Waals surface area (Å²) < 4.78 is 0. The zero-order valence-electron chi connectivity index (χ0n) is 20.8. The average molecular weight is 440 g/mol. The molecular weight excluding hydrogens is 398 g/mol. The Morgan fingerprint density at radius 2 is 2.03 bits per heavy atom. The van der Waals surface area contributed by atoms with Gasteiger partial charge >= 0.3 is 0 Å². The average Bonchev–Trinajstić information content (AvgIpc) is 2.87. The number of carbonyl (C=O) groups is 1. The number of Topliss-reactive ketones (excluding diaryl/α,β-unsaturated/α-hetero) is 1. The monoisotopic (exact) mass is 439 g/mol. The second-order valence-electron chi connectivity index (χ2n) is 8.90. The molecule has 0 spiro atoms. The fourth-order valence-corrected chi connectivity index (χ4v) is 4.12. The smallest absolute Gasteiger partial charge is 0.194 e. The van der Waals surface area contributed by atoms with Crippen LogP contribution in [0.5, 0.6) is 0 Å². The highest BCUT2D eigenvalue weighted by atomic mass is 16.3. The molecule has 0 aromatic rings. The van der Waals surface area contributed by atoms with Crippen LogP contribution in [0.1, 0.15) is 67.2 Å². The molecule has 176 valence electrons. The molecule has 0 aromatic heterocycles. The van der Waals surface area contributed by atoms with Gasteiger partial charge in [0.1, 0.15) is 5.82 Å². The van der Waals surface area contributed by atoms with Gasteiger partial charge in [-0.15, -0.1) is 0 Å². The van der Waals surface area contributed by atoms with Crippen molar-refractivity contribution in [2.75, 3.05) is 19.8 Å². The van der Waals surface area contributed by atoms with Crippen LogP contribution in [0.3, 0.4) is 0 Å². The number of ketones is 1. The fraction of sp³-hybridized carbons (Fsp3) is 0.519. The van der Waals surface area contributed by atoms with E-state index in [0.29, 0.717) is 0 Å². The molecule has 2 aliphatic rings. The van der Waals surface area contributed by atoms with Crippen LogP contribution >= 0.6 is 0 Å². The molecule has 2 heterocycles. The maximum absolute atomic E-state index is 11.7. The van der Waals surface area contributed by atoms with Crippen molar-refractivity contribution in [1.29, 1.82) is 0 Å². The highest BCUT2D eigenvalue weighted by Crippen LogP contribution is 2.32. The third-order valence-electron chi connectivity index (χ3n) is 6.02. The number of fused-ring (bicyclic) bond motifs is 1. The van der Waals surface area contributed by atoms with Crippen LogP contribution in [0, 0.1) is 0 Å². The first-order chi connectivity index (χ1) is 15.2. The number of aliphatic hydroxyl groups is 1. The van der Waals surface area contributed by atoms with Crippen molar-refractivity contribution >= 4 is 5.78 Å². The topological polar surface area (TPSA) is 55.8 Å². The van der Waals surface area contributed by atoms with E-state index in [4.69, 9.17) is 0 Å². The van der Waals surface area contributed by atoms with Crippen LogP contribution in [0.25, 0.3) is 0 Å². The number of hydrogen-bond acceptors (Lipinski definition) is 5. The third kappa shape index (κ3) is 6.65. The van der Waals surface area contributed by atoms with E-state index in [1.54, 1.807) is 6.08 Å². The second kappa shape index (κ2) is 11.8. The van der Waals surface area contributed by atoms with Gasteiger partial charge in [0.05, 0.1) is 6.67 Å². The predicted octanol–water partition coefficient (Wildman–Crippen LogP) is 5.73. The Labute approximate surface area is 194 Å². The molecule has 0 bridgehead atoms. The Morgan fingerprint density at radius 1 is 1.31 bits per heavy atom. The van der Waals surface area contributed by atoms with E-state index in [-0.39, 0.29) is 17.6 Å². The van der Waals surface area contributed by atoms with Crippen LogP contribution in [0.15, 0.2) is 70.5 Å². The van der Waals surface area contributed by atoms with Crippen LogP contribution in [-0.4, -0.2) is 46.5 Å². The third-order valence-corrected chi connectivity index (χ3v) is 6.02. The van der Waals surface area contributed by atoms with Crippen molar-refractivity contribution < 1.29 is 9.90 Å². The Morgan fingerprint density at radius 3 is 2.66 bits per heavy atom. The SMILES string of the molecule is C=C1CCCN2CN(CCC)C(NC(C)/C(C)=C\C(C)=C/CC)=CC2=C1C=C(O)C(C)=O. The summed E-state index contributed by atoms with van der Waals surface area (Å²) in [5.74, 6) is 0.510. The maximum atomic E-state index is 11.7. The summed E-state index contributed by atoms with van der Waals surface area (Å²) in [6, 6.07) is 0.173. The standard InChI is InChI=1S/C27H41N3O2/c1-8-11-19(3)15-21(5)22(6)28-27-17-25-24(16-26(32)23(7)31)20(4)12-10-14-29(25)18-30(27)13-9-2/h11,15-17,22,28,32H,4,8-10,12-14,18H2,1-3,5-7H3/b19-11-,21-15-,26-16?. The van der Waals surface area contributed by atoms with Crippen LogP contribution in [-0.2, 0) is 4.79 Å². The van der Waals surface area contributed by atoms with E-state index in [9.17, 15) is 9.90 Å². The summed E-state index contributed by atoms with van der Waals surface area (Å²) in [6.07, 6.45) is 12.2. The lowest BCUT2D eigenvalue weighted by Crippen LogP contribution is -2.46. The van der Waals surface area contributed by atoms with Gasteiger partial charge in [0.2, 0.25) is 0 Å². The summed E-state index contributed by atoms with van der Waals surface area (Å²) in [4.78, 5) is 16.4. The number of aliphatic hydroxyl groups excluding tert-OH is 1. The Balaban J connectivity index is 2.49. The molecule has 0 fully saturated rings. The van der Waals surface area contributed by atoms with Crippen LogP contribution in [0.4, 0.5) is 0 Å². The molecule has 1 atom stereocenters. The number of nitrogens with zero attached hydrogens (tertiary/aromatic N) is 2. The van der Waals surface area contributed by atoms with Crippen molar-refractivity contribution in [3.8, 4) is 0 Å². The lowest BCUT2D eigenvalue weighted by atomic mass is 10.00. The molecule has 5 heteroatoms. The molecule has 0 aliphatic carbocycles. The van der Waals surface area contributed by atoms with Crippen molar-refractivity contribution in [3.63, 3.8) is 0 Å². The second-order valence-corrected chi connectivity index (χ2v) is 8.90. The van der Waals surface area contributed by atoms with E-state index >= 15 is 0 Å². The summed E-state index contributed by atoms with van der Waals surface area (Å²) in [6.45, 7) is 19.1. The minimum absolute atomic E-state index is 0.173. The molecule has 0 saturated carbocycles. The number of hydrogen-bond donors (Lipinski definition) is 2. The van der Waals surface area contributed by atoms with Gasteiger partial charge in [0.15, 0.2) is 11.5 Å². The molecule has 2 aliphatic heterocycles. The van der Waals surface area contributed by atoms with Crippen molar-refractivity contribution in [3.05, 3.63) is 70.5 Å². The number of nitrogens with one attached hydrogen (secondary N) is 1. The zero-order chi connectivity index (χ0) is 23.8. The molecule has 1 unspecified atom stereocenters. The molecule has 2 N–H and O–H groups in total. The van der Waals surface area contributed by atoms with Gasteiger partial charge in [-0.05, 0) is 58.1 Å². The largest absolute Gasteiger partial charge is 0.504 e. The predicted molar refractivity (Wildman–Crippen MR) is 134 cm³/mol. The van der Waals surface area contributed by atoms with Gasteiger partial charge in [-0.25, -0.2) is 0 Å². The number of rotatable bonds is 9. The van der Waals surface area contributed by atoms with E-state index in [1.807, 2.05) is 0 Å². The number of allylic oxidation sites excluding steroid dienone is 8. The first-order valence-corrected chi connectivity index (χ1v) is 11.8. The number of carbonyl (C=O) groups excluding carboxylic acids is 1. The highest BCUT2D eigenvalue weighted by Gasteiger charge is 2.27. The van der Waals surface area contributed by atoms with Gasteiger partial charge in [0.25, 0.3) is 0 Å². The van der Waals surface area contributed by atoms with Crippen LogP contribution < -0.4 is 5.32 Å². The molecule has 0 aromatic carbocycles. The van der Waals surface area contributed by atoms with E-state index < -0.39 is 0 Å². The summed E-state index contributed by atoms with van der Waals surface area (Å²) >= 11 is 0. The normalized spacial score (nSPS) is 19.5. The highest BCUT2D eigenvalue weighted by molar-refractivity contribution is 5.91. The van der Waals surface area contributed by atoms with Crippen molar-refractivity contribution in [1.82, 2.24) is 15.1 Å². The Bertz CT molecular complexity index is 873. The molecule has 0 saturated heterocycles. The molecule has 32 heavy (non-hydrogen) atoms. The maximum Gasteiger partial charge on any atom is 0.194 e. The zero-order valence-corrected chi connectivity index (χ0v) is 20.8. The molecule has 0 amide bonds. The summed E-state index contributed by atoms with van der Waals surface area (Å²) in [5.41, 5.74) is 5.39. The molecule has 2 rings (SSSR count). The first-order valence-electron chi connectivity index (χ1n) is 11.8. The van der Waals surface area contributed by atoms with Gasteiger partial charge in [-0.2, -0.15) is 0 Å². The van der Waals surface area contributed by atoms with E-state index in [0.717, 1.165) is 68.1 Å². The minimum Gasteiger partial charge on any atom is -0.504 e. The Hall–Kier alpha value is -2.69. The fourth-order valence-electron chi connectivity index (χ4n) is 4.12. The lowest BCUT2D eigenvalue weighted by Gasteiger charge is -2.41. The van der Waals surface area contributed by atoms with Gasteiger partial charge in [0, 0.05) is 43.4 Å². The lowest BCUT2D eigenvalue weighted by molar-refractivity contribution is -0.115. The summed E-state index contributed by atoms with van der Waals surface area (Å²) in [5, 5.41) is 13.9. The van der Waals surface area contributed by atoms with Gasteiger partial charge in [-0.1, -0.05) is 43.7 Å². The van der Waals surface area contributed by atoms with Gasteiger partial charge < -0.3 is 20.2 Å². The van der Waals surface area contributed by atoms with Crippen LogP contribution in [0.2, 0.25) is 0 Å². The molecule has 0 radical (unpaired) electrons. The van der Waals surface area contributed by atoms with Crippen molar-refractivity contribution in [2.45, 2.75) is 73.3 Å². The van der Waals surface area contributed by atoms with Gasteiger partial charge in [-0.3, -0.25) is 4.79 Å². The van der Waals surface area contributed by atoms with E-state index in [2.05, 4.69) is 74.5 Å². The molecule has 5 nitrogen and oxygen atoms in total. The quantitative estimate of drug-likeness (QED) is 0.273. The minimum atomic E-state index is -0.336. The first kappa shape index (κ1) is 25.6.